The molecule has 2 aromatic carbocycles. The van der Waals surface area contributed by atoms with Crippen molar-refractivity contribution in [3.63, 3.8) is 0 Å². The van der Waals surface area contributed by atoms with Crippen molar-refractivity contribution in [3.05, 3.63) is 68.2 Å². The molecule has 1 aliphatic carbocycles. The lowest BCUT2D eigenvalue weighted by Crippen LogP contribution is -2.32. The van der Waals surface area contributed by atoms with Crippen molar-refractivity contribution in [3.8, 4) is 5.75 Å². The minimum Gasteiger partial charge on any atom is -0.495 e. The predicted molar refractivity (Wildman–Crippen MR) is 128 cm³/mol. The maximum Gasteiger partial charge on any atom is 0.248 e. The van der Waals surface area contributed by atoms with Crippen LogP contribution in [-0.2, 0) is 9.59 Å². The van der Waals surface area contributed by atoms with Gasteiger partial charge in [-0.05, 0) is 47.7 Å². The summed E-state index contributed by atoms with van der Waals surface area (Å²) < 4.78 is 5.29. The highest BCUT2D eigenvalue weighted by Gasteiger charge is 2.31. The number of ether oxygens (including phenoxy) is 1. The number of ketones is 1. The first-order chi connectivity index (χ1) is 15.2. The summed E-state index contributed by atoms with van der Waals surface area (Å²) in [5.74, 6) is -0.0804. The molecule has 0 aromatic heterocycles. The van der Waals surface area contributed by atoms with Crippen LogP contribution in [0.2, 0.25) is 10.0 Å². The summed E-state index contributed by atoms with van der Waals surface area (Å²) in [5.41, 5.74) is 3.78. The molecular formula is C25H27Cl2NO4. The first-order valence-electron chi connectivity index (χ1n) is 10.5. The standard InChI is InChI=1S/C25H27Cl2NO4/c1-5-17(14(3)30)15-6-8-16(9-7-15)21(12-29)28-25(31)19-10-20-18(13(19)2)11-22(32-4)24(27)23(20)26/h6-11,13,17,21,29H,5,12H2,1-4H3,(H,28,31)/t13?,17?,21-/m1/s1. The number of hydrogen-bond donors (Lipinski definition) is 2. The van der Waals surface area contributed by atoms with Crippen molar-refractivity contribution >= 4 is 41.0 Å². The van der Waals surface area contributed by atoms with Crippen LogP contribution in [0.15, 0.2) is 35.9 Å². The lowest BCUT2D eigenvalue weighted by Gasteiger charge is -2.20. The lowest BCUT2D eigenvalue weighted by molar-refractivity contribution is -0.119. The van der Waals surface area contributed by atoms with Gasteiger partial charge in [0, 0.05) is 17.4 Å². The van der Waals surface area contributed by atoms with E-state index in [1.807, 2.05) is 38.1 Å². The van der Waals surface area contributed by atoms with E-state index < -0.39 is 6.04 Å². The third-order valence-electron chi connectivity index (χ3n) is 6.09. The highest BCUT2D eigenvalue weighted by Crippen LogP contribution is 2.46. The number of amides is 1. The summed E-state index contributed by atoms with van der Waals surface area (Å²) in [6, 6.07) is 8.64. The topological polar surface area (TPSA) is 75.6 Å². The molecule has 170 valence electrons. The Labute approximate surface area is 198 Å². The largest absolute Gasteiger partial charge is 0.495 e. The van der Waals surface area contributed by atoms with Crippen LogP contribution in [0.5, 0.6) is 5.75 Å². The third kappa shape index (κ3) is 4.56. The van der Waals surface area contributed by atoms with Crippen molar-refractivity contribution in [1.82, 2.24) is 5.32 Å². The Hall–Kier alpha value is -2.34. The van der Waals surface area contributed by atoms with Gasteiger partial charge in [-0.25, -0.2) is 0 Å². The molecule has 0 fully saturated rings. The van der Waals surface area contributed by atoms with Crippen LogP contribution in [0.4, 0.5) is 0 Å². The van der Waals surface area contributed by atoms with Gasteiger partial charge in [0.2, 0.25) is 5.91 Å². The van der Waals surface area contributed by atoms with Gasteiger partial charge in [0.25, 0.3) is 0 Å². The predicted octanol–water partition coefficient (Wildman–Crippen LogP) is 5.43. The van der Waals surface area contributed by atoms with Gasteiger partial charge in [-0.1, -0.05) is 61.3 Å². The fourth-order valence-corrected chi connectivity index (χ4v) is 4.68. The second-order valence-electron chi connectivity index (χ2n) is 7.98. The van der Waals surface area contributed by atoms with Crippen LogP contribution < -0.4 is 10.1 Å². The maximum absolute atomic E-state index is 13.1. The van der Waals surface area contributed by atoms with Crippen LogP contribution in [-0.4, -0.2) is 30.5 Å². The number of nitrogens with one attached hydrogen (secondary N) is 1. The molecule has 0 saturated heterocycles. The molecule has 2 N–H and O–H groups in total. The Morgan fingerprint density at radius 1 is 1.16 bits per heavy atom. The number of hydrogen-bond acceptors (Lipinski definition) is 4. The lowest BCUT2D eigenvalue weighted by atomic mass is 9.91. The summed E-state index contributed by atoms with van der Waals surface area (Å²) in [4.78, 5) is 24.9. The minimum absolute atomic E-state index is 0.115. The Morgan fingerprint density at radius 3 is 2.31 bits per heavy atom. The zero-order chi connectivity index (χ0) is 23.6. The number of rotatable bonds is 8. The molecule has 5 nitrogen and oxygen atoms in total. The van der Waals surface area contributed by atoms with Gasteiger partial charge in [0.05, 0.1) is 24.8 Å². The number of carbonyl (C=O) groups excluding carboxylic acids is 2. The zero-order valence-electron chi connectivity index (χ0n) is 18.5. The number of aliphatic hydroxyl groups excluding tert-OH is 1. The van der Waals surface area contributed by atoms with E-state index in [4.69, 9.17) is 27.9 Å². The Bertz CT molecular complexity index is 1060. The summed E-state index contributed by atoms with van der Waals surface area (Å²) in [7, 11) is 1.51. The molecule has 1 amide bonds. The van der Waals surface area contributed by atoms with Gasteiger partial charge >= 0.3 is 0 Å². The van der Waals surface area contributed by atoms with Crippen molar-refractivity contribution in [1.29, 1.82) is 0 Å². The molecule has 1 aliphatic rings. The summed E-state index contributed by atoms with van der Waals surface area (Å²) in [6.45, 7) is 5.21. The molecule has 0 aliphatic heterocycles. The van der Waals surface area contributed by atoms with Crippen LogP contribution >= 0.6 is 23.2 Å². The van der Waals surface area contributed by atoms with Crippen molar-refractivity contribution in [2.75, 3.05) is 13.7 Å². The van der Waals surface area contributed by atoms with Gasteiger partial charge in [-0.2, -0.15) is 0 Å². The number of halogens is 2. The molecule has 0 heterocycles. The van der Waals surface area contributed by atoms with E-state index in [1.54, 1.807) is 19.1 Å². The van der Waals surface area contributed by atoms with Gasteiger partial charge in [-0.15, -0.1) is 0 Å². The highest BCUT2D eigenvalue weighted by atomic mass is 35.5. The van der Waals surface area contributed by atoms with Crippen molar-refractivity contribution in [2.45, 2.75) is 45.1 Å². The molecule has 32 heavy (non-hydrogen) atoms. The molecule has 2 aromatic rings. The minimum atomic E-state index is -0.584. The zero-order valence-corrected chi connectivity index (χ0v) is 20.1. The normalized spacial score (nSPS) is 16.7. The Balaban J connectivity index is 1.81. The molecule has 2 unspecified atom stereocenters. The molecular weight excluding hydrogens is 449 g/mol. The molecule has 0 bridgehead atoms. The Morgan fingerprint density at radius 2 is 1.78 bits per heavy atom. The van der Waals surface area contributed by atoms with Crippen LogP contribution in [0.3, 0.4) is 0 Å². The molecule has 3 rings (SSSR count). The third-order valence-corrected chi connectivity index (χ3v) is 6.95. The van der Waals surface area contributed by atoms with E-state index in [0.29, 0.717) is 26.9 Å². The smallest absolute Gasteiger partial charge is 0.248 e. The van der Waals surface area contributed by atoms with Crippen molar-refractivity contribution in [2.24, 2.45) is 0 Å². The first kappa shape index (κ1) is 24.3. The number of methoxy groups -OCH3 is 1. The van der Waals surface area contributed by atoms with Gasteiger partial charge in [0.1, 0.15) is 16.6 Å². The average Bonchev–Trinajstić information content (AvgIpc) is 3.11. The van der Waals surface area contributed by atoms with E-state index in [9.17, 15) is 14.7 Å². The van der Waals surface area contributed by atoms with E-state index in [2.05, 4.69) is 5.32 Å². The fourth-order valence-electron chi connectivity index (χ4n) is 4.19. The van der Waals surface area contributed by atoms with Crippen LogP contribution in [0.25, 0.3) is 6.08 Å². The van der Waals surface area contributed by atoms with Crippen LogP contribution in [0.1, 0.15) is 67.3 Å². The molecule has 0 spiro atoms. The SMILES string of the molecule is CCC(C(C)=O)c1ccc([C@@H](CO)NC(=O)C2=Cc3c(cc(OC)c(Cl)c3Cl)C2C)cc1. The molecule has 0 radical (unpaired) electrons. The average molecular weight is 476 g/mol. The summed E-state index contributed by atoms with van der Waals surface area (Å²) in [6.07, 6.45) is 2.46. The molecule has 7 heteroatoms. The van der Waals surface area contributed by atoms with E-state index in [-0.39, 0.29) is 30.1 Å². The summed E-state index contributed by atoms with van der Waals surface area (Å²) >= 11 is 12.7. The van der Waals surface area contributed by atoms with Gasteiger partial charge in [0.15, 0.2) is 0 Å². The maximum atomic E-state index is 13.1. The fraction of sp³-hybridized carbons (Fsp3) is 0.360. The number of fused-ring (bicyclic) bond motifs is 1. The second-order valence-corrected chi connectivity index (χ2v) is 8.73. The first-order valence-corrected chi connectivity index (χ1v) is 11.3. The van der Waals surface area contributed by atoms with Gasteiger partial charge in [-0.3, -0.25) is 9.59 Å². The molecule has 3 atom stereocenters. The number of carbonyl (C=O) groups is 2. The molecule has 0 saturated carbocycles. The van der Waals surface area contributed by atoms with E-state index >= 15 is 0 Å². The van der Waals surface area contributed by atoms with E-state index in [1.165, 1.54) is 7.11 Å². The van der Waals surface area contributed by atoms with Crippen LogP contribution in [0, 0.1) is 0 Å². The Kier molecular flexibility index (Phi) is 7.65. The second kappa shape index (κ2) is 10.1. The van der Waals surface area contributed by atoms with E-state index in [0.717, 1.165) is 23.1 Å². The number of benzene rings is 2. The highest BCUT2D eigenvalue weighted by molar-refractivity contribution is 6.44. The van der Waals surface area contributed by atoms with Gasteiger partial charge < -0.3 is 15.2 Å². The quantitative estimate of drug-likeness (QED) is 0.533. The monoisotopic (exact) mass is 475 g/mol. The number of aliphatic hydroxyl groups is 1. The van der Waals surface area contributed by atoms with Crippen molar-refractivity contribution < 1.29 is 19.4 Å². The summed E-state index contributed by atoms with van der Waals surface area (Å²) in [5, 5.41) is 13.5. The number of Topliss-reactive ketones (excluding diaryl/α,β-unsaturated/α-hetero) is 1.